The van der Waals surface area contributed by atoms with Crippen LogP contribution in [0, 0.1) is 0 Å². The highest BCUT2D eigenvalue weighted by Crippen LogP contribution is 2.40. The first-order valence-electron chi connectivity index (χ1n) is 10.7. The molecule has 0 N–H and O–H groups in total. The third kappa shape index (κ3) is 2.65. The van der Waals surface area contributed by atoms with Crippen LogP contribution < -0.4 is 0 Å². The smallest absolute Gasteiger partial charge is 0.141 e. The Morgan fingerprint density at radius 2 is 1.30 bits per heavy atom. The lowest BCUT2D eigenvalue weighted by Crippen LogP contribution is -2.04. The van der Waals surface area contributed by atoms with Gasteiger partial charge in [0.15, 0.2) is 0 Å². The van der Waals surface area contributed by atoms with E-state index in [2.05, 4.69) is 87.8 Å². The zero-order valence-corrected chi connectivity index (χ0v) is 18.3. The standard InChI is InChI=1S/C27H27N3/c1-16(2)18-12-8-13-19(17(3)4)23(18)27-29-25-22-11-7-6-10-20(22)21-14-9-15-28-24(21)26(25)30(27)5/h6-17H,1-5H3. The maximum Gasteiger partial charge on any atom is 0.141 e. The second-order valence-corrected chi connectivity index (χ2v) is 8.76. The molecule has 3 nitrogen and oxygen atoms in total. The molecular formula is C27H27N3. The molecule has 0 aliphatic heterocycles. The van der Waals surface area contributed by atoms with Gasteiger partial charge in [0.05, 0.1) is 16.6 Å². The summed E-state index contributed by atoms with van der Waals surface area (Å²) in [5.74, 6) is 1.87. The Labute approximate surface area is 177 Å². The van der Waals surface area contributed by atoms with Crippen molar-refractivity contribution in [3.63, 3.8) is 0 Å². The van der Waals surface area contributed by atoms with Crippen LogP contribution in [-0.2, 0) is 7.05 Å². The van der Waals surface area contributed by atoms with Gasteiger partial charge in [-0.1, -0.05) is 76.2 Å². The highest BCUT2D eigenvalue weighted by molar-refractivity contribution is 6.22. The maximum absolute atomic E-state index is 5.27. The summed E-state index contributed by atoms with van der Waals surface area (Å²) >= 11 is 0. The number of benzene rings is 3. The second-order valence-electron chi connectivity index (χ2n) is 8.76. The van der Waals surface area contributed by atoms with Crippen LogP contribution in [0.5, 0.6) is 0 Å². The molecule has 0 amide bonds. The first-order valence-corrected chi connectivity index (χ1v) is 10.7. The number of hydrogen-bond donors (Lipinski definition) is 0. The Morgan fingerprint density at radius 1 is 0.700 bits per heavy atom. The SMILES string of the molecule is CC(C)c1cccc(C(C)C)c1-c1nc2c3ccccc3c3cccnc3c2n1C. The molecule has 3 aromatic carbocycles. The van der Waals surface area contributed by atoms with Gasteiger partial charge in [-0.15, -0.1) is 0 Å². The quantitative estimate of drug-likeness (QED) is 0.304. The van der Waals surface area contributed by atoms with Crippen molar-refractivity contribution in [2.45, 2.75) is 39.5 Å². The second kappa shape index (κ2) is 6.94. The van der Waals surface area contributed by atoms with Gasteiger partial charge in [-0.05, 0) is 34.4 Å². The molecule has 2 heterocycles. The molecule has 5 rings (SSSR count). The van der Waals surface area contributed by atoms with Gasteiger partial charge in [-0.2, -0.15) is 0 Å². The minimum absolute atomic E-state index is 0.421. The van der Waals surface area contributed by atoms with Crippen molar-refractivity contribution in [2.24, 2.45) is 7.05 Å². The first-order chi connectivity index (χ1) is 14.5. The van der Waals surface area contributed by atoms with Gasteiger partial charge in [0.2, 0.25) is 0 Å². The number of rotatable bonds is 3. The summed E-state index contributed by atoms with van der Waals surface area (Å²) in [6.45, 7) is 9.05. The summed E-state index contributed by atoms with van der Waals surface area (Å²) in [7, 11) is 2.13. The van der Waals surface area contributed by atoms with Gasteiger partial charge in [-0.25, -0.2) is 4.98 Å². The van der Waals surface area contributed by atoms with Gasteiger partial charge in [0.25, 0.3) is 0 Å². The molecule has 0 saturated heterocycles. The monoisotopic (exact) mass is 393 g/mol. The van der Waals surface area contributed by atoms with Crippen molar-refractivity contribution in [1.29, 1.82) is 0 Å². The maximum atomic E-state index is 5.27. The molecule has 0 bridgehead atoms. The van der Waals surface area contributed by atoms with E-state index in [1.165, 1.54) is 32.8 Å². The van der Waals surface area contributed by atoms with Crippen LogP contribution >= 0.6 is 0 Å². The van der Waals surface area contributed by atoms with E-state index in [1.54, 1.807) is 0 Å². The minimum atomic E-state index is 0.421. The lowest BCUT2D eigenvalue weighted by molar-refractivity contribution is 0.828. The molecular weight excluding hydrogens is 366 g/mol. The van der Waals surface area contributed by atoms with E-state index in [4.69, 9.17) is 9.97 Å². The van der Waals surface area contributed by atoms with E-state index in [0.29, 0.717) is 11.8 Å². The molecule has 2 aromatic heterocycles. The normalized spacial score (nSPS) is 12.1. The predicted molar refractivity (Wildman–Crippen MR) is 127 cm³/mol. The van der Waals surface area contributed by atoms with Crippen molar-refractivity contribution in [3.8, 4) is 11.4 Å². The number of fused-ring (bicyclic) bond motifs is 6. The van der Waals surface area contributed by atoms with Gasteiger partial charge in [-0.3, -0.25) is 4.98 Å². The van der Waals surface area contributed by atoms with Gasteiger partial charge in [0.1, 0.15) is 5.82 Å². The number of hydrogen-bond acceptors (Lipinski definition) is 2. The van der Waals surface area contributed by atoms with E-state index >= 15 is 0 Å². The lowest BCUT2D eigenvalue weighted by atomic mass is 9.88. The number of imidazole rings is 1. The highest BCUT2D eigenvalue weighted by atomic mass is 15.1. The van der Waals surface area contributed by atoms with Crippen molar-refractivity contribution >= 4 is 32.7 Å². The van der Waals surface area contributed by atoms with Crippen LogP contribution in [0.2, 0.25) is 0 Å². The molecule has 150 valence electrons. The highest BCUT2D eigenvalue weighted by Gasteiger charge is 2.22. The lowest BCUT2D eigenvalue weighted by Gasteiger charge is -2.19. The molecule has 0 radical (unpaired) electrons. The average molecular weight is 394 g/mol. The van der Waals surface area contributed by atoms with Crippen LogP contribution in [0.1, 0.15) is 50.7 Å². The zero-order chi connectivity index (χ0) is 21.0. The molecule has 0 saturated carbocycles. The van der Waals surface area contributed by atoms with Gasteiger partial charge < -0.3 is 4.57 Å². The fourth-order valence-corrected chi connectivity index (χ4v) is 4.73. The summed E-state index contributed by atoms with van der Waals surface area (Å²) < 4.78 is 2.25. The first kappa shape index (κ1) is 18.8. The third-order valence-corrected chi connectivity index (χ3v) is 6.20. The van der Waals surface area contributed by atoms with Crippen LogP contribution in [0.15, 0.2) is 60.8 Å². The number of nitrogens with zero attached hydrogens (tertiary/aromatic N) is 3. The molecule has 30 heavy (non-hydrogen) atoms. The van der Waals surface area contributed by atoms with Crippen LogP contribution in [0.3, 0.4) is 0 Å². The van der Waals surface area contributed by atoms with Crippen LogP contribution in [-0.4, -0.2) is 14.5 Å². The topological polar surface area (TPSA) is 30.7 Å². The summed E-state index contributed by atoms with van der Waals surface area (Å²) in [5, 5.41) is 3.57. The Bertz CT molecular complexity index is 1380. The van der Waals surface area contributed by atoms with Crippen LogP contribution in [0.25, 0.3) is 44.1 Å². The van der Waals surface area contributed by atoms with Crippen molar-refractivity contribution in [1.82, 2.24) is 14.5 Å². The fraction of sp³-hybridized carbons (Fsp3) is 0.259. The molecule has 0 spiro atoms. The van der Waals surface area contributed by atoms with Gasteiger partial charge >= 0.3 is 0 Å². The largest absolute Gasteiger partial charge is 0.325 e. The number of aryl methyl sites for hydroxylation is 1. The van der Waals surface area contributed by atoms with Crippen molar-refractivity contribution < 1.29 is 0 Å². The van der Waals surface area contributed by atoms with Crippen molar-refractivity contribution in [3.05, 3.63) is 71.9 Å². The van der Waals surface area contributed by atoms with E-state index in [9.17, 15) is 0 Å². The van der Waals surface area contributed by atoms with E-state index in [-0.39, 0.29) is 0 Å². The molecule has 0 unspecified atom stereocenters. The Kier molecular flexibility index (Phi) is 4.35. The summed E-state index contributed by atoms with van der Waals surface area (Å²) in [5.41, 5.74) is 7.12. The molecule has 5 aromatic rings. The summed E-state index contributed by atoms with van der Waals surface area (Å²) in [6, 6.07) is 19.4. The van der Waals surface area contributed by atoms with Gasteiger partial charge in [0, 0.05) is 29.6 Å². The molecule has 0 fully saturated rings. The van der Waals surface area contributed by atoms with E-state index < -0.39 is 0 Å². The molecule has 3 heteroatoms. The molecule has 0 atom stereocenters. The molecule has 0 aliphatic carbocycles. The van der Waals surface area contributed by atoms with E-state index in [0.717, 1.165) is 22.4 Å². The summed E-state index contributed by atoms with van der Waals surface area (Å²) in [6.07, 6.45) is 1.88. The molecule has 0 aliphatic rings. The fourth-order valence-electron chi connectivity index (χ4n) is 4.73. The number of aromatic nitrogens is 3. The van der Waals surface area contributed by atoms with E-state index in [1.807, 2.05) is 12.3 Å². The minimum Gasteiger partial charge on any atom is -0.325 e. The number of pyridine rings is 1. The predicted octanol–water partition coefficient (Wildman–Crippen LogP) is 7.19. The summed E-state index contributed by atoms with van der Waals surface area (Å²) in [4.78, 5) is 10.1. The van der Waals surface area contributed by atoms with Crippen LogP contribution in [0.4, 0.5) is 0 Å². The zero-order valence-electron chi connectivity index (χ0n) is 18.3. The average Bonchev–Trinajstić information content (AvgIpc) is 3.10. The Morgan fingerprint density at radius 3 is 1.97 bits per heavy atom. The third-order valence-electron chi connectivity index (χ3n) is 6.20. The Balaban J connectivity index is 1.99. The Hall–Kier alpha value is -3.20. The van der Waals surface area contributed by atoms with Crippen molar-refractivity contribution in [2.75, 3.05) is 0 Å².